The lowest BCUT2D eigenvalue weighted by molar-refractivity contribution is 0.102. The predicted molar refractivity (Wildman–Crippen MR) is 99.1 cm³/mol. The first-order valence-electron chi connectivity index (χ1n) is 7.82. The average Bonchev–Trinajstić information content (AvgIpc) is 2.64. The molecule has 27 heavy (non-hydrogen) atoms. The number of nitrogens with two attached hydrogens (primary N) is 1. The van der Waals surface area contributed by atoms with Gasteiger partial charge in [0.25, 0.3) is 15.9 Å². The summed E-state index contributed by atoms with van der Waals surface area (Å²) >= 11 is 0. The first kappa shape index (κ1) is 18.5. The molecule has 0 bridgehead atoms. The van der Waals surface area contributed by atoms with Crippen molar-refractivity contribution in [3.8, 4) is 11.6 Å². The fourth-order valence-electron chi connectivity index (χ4n) is 2.15. The Bertz CT molecular complexity index is 1070. The molecule has 0 saturated heterocycles. The molecule has 0 atom stereocenters. The third kappa shape index (κ3) is 4.87. The number of rotatable bonds is 5. The molecule has 9 heteroatoms. The minimum absolute atomic E-state index is 0.106. The van der Waals surface area contributed by atoms with E-state index in [-0.39, 0.29) is 10.6 Å². The standard InChI is InChI=1S/C18H16N4O4S/c1-12-2-5-15(6-3-12)26-16-7-4-14(11-21-16)22-18(23)13-8-9-20-17(10-13)27(19,24)25/h2-11H,1H3,(H,22,23)(H2,19,24,25). The van der Waals surface area contributed by atoms with Gasteiger partial charge in [0.1, 0.15) is 5.75 Å². The molecule has 0 unspecified atom stereocenters. The van der Waals surface area contributed by atoms with Crippen LogP contribution in [0.15, 0.2) is 66.0 Å². The van der Waals surface area contributed by atoms with Gasteiger partial charge in [-0.1, -0.05) is 17.7 Å². The largest absolute Gasteiger partial charge is 0.439 e. The molecule has 0 aliphatic rings. The summed E-state index contributed by atoms with van der Waals surface area (Å²) in [5.41, 5.74) is 1.65. The van der Waals surface area contributed by atoms with Crippen LogP contribution >= 0.6 is 0 Å². The van der Waals surface area contributed by atoms with Gasteiger partial charge in [-0.2, -0.15) is 0 Å². The van der Waals surface area contributed by atoms with E-state index in [1.165, 1.54) is 18.5 Å². The Morgan fingerprint density at radius 2 is 1.81 bits per heavy atom. The lowest BCUT2D eigenvalue weighted by Crippen LogP contribution is -2.17. The summed E-state index contributed by atoms with van der Waals surface area (Å²) in [7, 11) is -3.99. The van der Waals surface area contributed by atoms with Crippen molar-refractivity contribution in [2.24, 2.45) is 5.14 Å². The summed E-state index contributed by atoms with van der Waals surface area (Å²) in [4.78, 5) is 20.0. The van der Waals surface area contributed by atoms with Gasteiger partial charge in [-0.25, -0.2) is 23.5 Å². The molecule has 3 N–H and O–H groups in total. The molecule has 1 amide bonds. The number of aromatic nitrogens is 2. The number of aryl methyl sites for hydroxylation is 1. The van der Waals surface area contributed by atoms with Crippen molar-refractivity contribution in [1.82, 2.24) is 9.97 Å². The van der Waals surface area contributed by atoms with Crippen molar-refractivity contribution >= 4 is 21.6 Å². The summed E-state index contributed by atoms with van der Waals surface area (Å²) in [6, 6.07) is 13.2. The summed E-state index contributed by atoms with van der Waals surface area (Å²) in [6.45, 7) is 1.98. The first-order chi connectivity index (χ1) is 12.8. The van der Waals surface area contributed by atoms with Crippen molar-refractivity contribution in [3.63, 3.8) is 0 Å². The van der Waals surface area contributed by atoms with Crippen molar-refractivity contribution in [3.05, 3.63) is 72.1 Å². The molecule has 138 valence electrons. The fourth-order valence-corrected chi connectivity index (χ4v) is 2.65. The van der Waals surface area contributed by atoms with Crippen LogP contribution in [0.2, 0.25) is 0 Å². The highest BCUT2D eigenvalue weighted by atomic mass is 32.2. The molecule has 0 aliphatic carbocycles. The number of nitrogens with zero attached hydrogens (tertiary/aromatic N) is 2. The summed E-state index contributed by atoms with van der Waals surface area (Å²) in [5.74, 6) is 0.505. The zero-order chi connectivity index (χ0) is 19.4. The van der Waals surface area contributed by atoms with Crippen LogP contribution in [0.1, 0.15) is 15.9 Å². The summed E-state index contributed by atoms with van der Waals surface area (Å²) < 4.78 is 28.3. The van der Waals surface area contributed by atoms with Gasteiger partial charge in [-0.3, -0.25) is 4.79 Å². The minimum Gasteiger partial charge on any atom is -0.439 e. The lowest BCUT2D eigenvalue weighted by atomic mass is 10.2. The maximum Gasteiger partial charge on any atom is 0.255 e. The summed E-state index contributed by atoms with van der Waals surface area (Å²) in [5, 5.41) is 7.26. The zero-order valence-corrected chi connectivity index (χ0v) is 15.1. The number of primary sulfonamides is 1. The monoisotopic (exact) mass is 384 g/mol. The zero-order valence-electron chi connectivity index (χ0n) is 14.3. The molecule has 2 aromatic heterocycles. The Morgan fingerprint density at radius 1 is 1.07 bits per heavy atom. The molecule has 8 nitrogen and oxygen atoms in total. The number of ether oxygens (including phenoxy) is 1. The molecule has 0 aliphatic heterocycles. The molecular weight excluding hydrogens is 368 g/mol. The molecule has 3 rings (SSSR count). The van der Waals surface area contributed by atoms with Crippen LogP contribution in [0.25, 0.3) is 0 Å². The van der Waals surface area contributed by atoms with Crippen LogP contribution in [0.5, 0.6) is 11.6 Å². The Hall–Kier alpha value is -3.30. The van der Waals surface area contributed by atoms with E-state index in [0.717, 1.165) is 11.6 Å². The van der Waals surface area contributed by atoms with Crippen LogP contribution in [0.4, 0.5) is 5.69 Å². The van der Waals surface area contributed by atoms with E-state index in [2.05, 4.69) is 15.3 Å². The molecular formula is C18H16N4O4S. The number of carbonyl (C=O) groups excluding carboxylic acids is 1. The van der Waals surface area contributed by atoms with Crippen LogP contribution in [0.3, 0.4) is 0 Å². The number of pyridine rings is 2. The highest BCUT2D eigenvalue weighted by molar-refractivity contribution is 7.89. The number of benzene rings is 1. The highest BCUT2D eigenvalue weighted by Gasteiger charge is 2.14. The van der Waals surface area contributed by atoms with Crippen LogP contribution in [-0.4, -0.2) is 24.3 Å². The van der Waals surface area contributed by atoms with Crippen LogP contribution < -0.4 is 15.2 Å². The topological polar surface area (TPSA) is 124 Å². The Kier molecular flexibility index (Phi) is 5.15. The normalized spacial score (nSPS) is 11.0. The van der Waals surface area contributed by atoms with E-state index < -0.39 is 15.9 Å². The third-order valence-corrected chi connectivity index (χ3v) is 4.33. The SMILES string of the molecule is Cc1ccc(Oc2ccc(NC(=O)c3ccnc(S(N)(=O)=O)c3)cn2)cc1. The number of anilines is 1. The maximum atomic E-state index is 12.3. The smallest absolute Gasteiger partial charge is 0.255 e. The van der Waals surface area contributed by atoms with Gasteiger partial charge in [0, 0.05) is 17.8 Å². The number of nitrogens with one attached hydrogen (secondary N) is 1. The predicted octanol–water partition coefficient (Wildman–Crippen LogP) is 2.48. The van der Waals surface area contributed by atoms with E-state index in [1.807, 2.05) is 31.2 Å². The highest BCUT2D eigenvalue weighted by Crippen LogP contribution is 2.21. The second-order valence-electron chi connectivity index (χ2n) is 5.68. The number of sulfonamides is 1. The van der Waals surface area contributed by atoms with E-state index in [0.29, 0.717) is 17.3 Å². The molecule has 3 aromatic rings. The van der Waals surface area contributed by atoms with Crippen molar-refractivity contribution in [1.29, 1.82) is 0 Å². The van der Waals surface area contributed by atoms with E-state index in [9.17, 15) is 13.2 Å². The second-order valence-corrected chi connectivity index (χ2v) is 7.19. The number of carbonyl (C=O) groups is 1. The van der Waals surface area contributed by atoms with Crippen LogP contribution in [0, 0.1) is 6.92 Å². The van der Waals surface area contributed by atoms with E-state index in [4.69, 9.17) is 9.88 Å². The Labute approximate surface area is 156 Å². The lowest BCUT2D eigenvalue weighted by Gasteiger charge is -2.08. The number of amides is 1. The minimum atomic E-state index is -3.99. The average molecular weight is 384 g/mol. The van der Waals surface area contributed by atoms with Crippen molar-refractivity contribution in [2.45, 2.75) is 11.9 Å². The molecule has 0 radical (unpaired) electrons. The van der Waals surface area contributed by atoms with Gasteiger partial charge in [0.15, 0.2) is 5.03 Å². The van der Waals surface area contributed by atoms with Gasteiger partial charge in [0.05, 0.1) is 11.9 Å². The molecule has 0 fully saturated rings. The molecule has 0 saturated carbocycles. The van der Waals surface area contributed by atoms with Gasteiger partial charge < -0.3 is 10.1 Å². The Balaban J connectivity index is 1.69. The molecule has 1 aromatic carbocycles. The second kappa shape index (κ2) is 7.52. The van der Waals surface area contributed by atoms with E-state index >= 15 is 0 Å². The van der Waals surface area contributed by atoms with Crippen molar-refractivity contribution in [2.75, 3.05) is 5.32 Å². The maximum absolute atomic E-state index is 12.3. The van der Waals surface area contributed by atoms with Gasteiger partial charge >= 0.3 is 0 Å². The van der Waals surface area contributed by atoms with Crippen molar-refractivity contribution < 1.29 is 17.9 Å². The van der Waals surface area contributed by atoms with Gasteiger partial charge in [0.2, 0.25) is 5.88 Å². The quantitative estimate of drug-likeness (QED) is 0.696. The van der Waals surface area contributed by atoms with E-state index in [1.54, 1.807) is 12.1 Å². The summed E-state index contributed by atoms with van der Waals surface area (Å²) in [6.07, 6.45) is 2.63. The van der Waals surface area contributed by atoms with Crippen LogP contribution in [-0.2, 0) is 10.0 Å². The first-order valence-corrected chi connectivity index (χ1v) is 9.37. The fraction of sp³-hybridized carbons (Fsp3) is 0.0556. The third-order valence-electron chi connectivity index (χ3n) is 3.53. The number of hydrogen-bond acceptors (Lipinski definition) is 6. The Morgan fingerprint density at radius 3 is 2.44 bits per heavy atom. The number of hydrogen-bond donors (Lipinski definition) is 2. The molecule has 2 heterocycles. The van der Waals surface area contributed by atoms with Gasteiger partial charge in [-0.05, 0) is 37.3 Å². The van der Waals surface area contributed by atoms with Gasteiger partial charge in [-0.15, -0.1) is 0 Å². The molecule has 0 spiro atoms.